The van der Waals surface area contributed by atoms with Crippen LogP contribution in [0.25, 0.3) is 0 Å². The van der Waals surface area contributed by atoms with E-state index in [1.165, 1.54) is 0 Å². The topological polar surface area (TPSA) is 67.4 Å². The first-order valence-corrected chi connectivity index (χ1v) is 5.09. The number of hydrogen-bond acceptors (Lipinski definition) is 4. The standard InChI is InChI=1S/C10H18N2O3/c1-10(2,3)15-9(14)12-7-4-8(6-13)11-5-7/h6-8,11H,4-5H2,1-3H3,(H,12,14). The van der Waals surface area contributed by atoms with E-state index in [2.05, 4.69) is 10.6 Å². The first kappa shape index (κ1) is 12.0. The Labute approximate surface area is 89.6 Å². The van der Waals surface area contributed by atoms with Crippen LogP contribution in [0, 0.1) is 0 Å². The molecule has 5 heteroatoms. The Kier molecular flexibility index (Phi) is 3.68. The van der Waals surface area contributed by atoms with Gasteiger partial charge in [0.1, 0.15) is 11.9 Å². The van der Waals surface area contributed by atoms with E-state index < -0.39 is 11.7 Å². The molecule has 2 N–H and O–H groups in total. The van der Waals surface area contributed by atoms with Gasteiger partial charge in [-0.3, -0.25) is 0 Å². The van der Waals surface area contributed by atoms with Crippen molar-refractivity contribution in [1.82, 2.24) is 10.6 Å². The molecule has 0 aromatic rings. The van der Waals surface area contributed by atoms with Crippen molar-refractivity contribution in [2.45, 2.75) is 44.9 Å². The maximum atomic E-state index is 11.4. The Morgan fingerprint density at radius 1 is 1.53 bits per heavy atom. The van der Waals surface area contributed by atoms with Gasteiger partial charge in [0, 0.05) is 12.6 Å². The Morgan fingerprint density at radius 2 is 2.20 bits per heavy atom. The summed E-state index contributed by atoms with van der Waals surface area (Å²) < 4.78 is 5.10. The summed E-state index contributed by atoms with van der Waals surface area (Å²) in [5.74, 6) is 0. The highest BCUT2D eigenvalue weighted by atomic mass is 16.6. The molecule has 5 nitrogen and oxygen atoms in total. The van der Waals surface area contributed by atoms with Gasteiger partial charge in [-0.15, -0.1) is 0 Å². The molecule has 15 heavy (non-hydrogen) atoms. The van der Waals surface area contributed by atoms with Crippen LogP contribution in [0.2, 0.25) is 0 Å². The minimum absolute atomic E-state index is 0.0185. The average molecular weight is 214 g/mol. The molecule has 0 saturated carbocycles. The van der Waals surface area contributed by atoms with E-state index in [9.17, 15) is 9.59 Å². The summed E-state index contributed by atoms with van der Waals surface area (Å²) in [5.41, 5.74) is -0.486. The van der Waals surface area contributed by atoms with E-state index >= 15 is 0 Å². The monoisotopic (exact) mass is 214 g/mol. The van der Waals surface area contributed by atoms with Crippen molar-refractivity contribution in [2.24, 2.45) is 0 Å². The summed E-state index contributed by atoms with van der Waals surface area (Å²) in [6, 6.07) is -0.167. The van der Waals surface area contributed by atoms with Crippen molar-refractivity contribution in [2.75, 3.05) is 6.54 Å². The van der Waals surface area contributed by atoms with Crippen LogP contribution >= 0.6 is 0 Å². The summed E-state index contributed by atoms with van der Waals surface area (Å²) in [6.07, 6.45) is 1.06. The molecule has 86 valence electrons. The third-order valence-electron chi connectivity index (χ3n) is 2.05. The van der Waals surface area contributed by atoms with Gasteiger partial charge in [-0.05, 0) is 27.2 Å². The van der Waals surface area contributed by atoms with Gasteiger partial charge in [0.25, 0.3) is 0 Å². The minimum Gasteiger partial charge on any atom is -0.444 e. The number of amides is 1. The maximum Gasteiger partial charge on any atom is 0.407 e. The molecular formula is C10H18N2O3. The molecule has 0 spiro atoms. The highest BCUT2D eigenvalue weighted by molar-refractivity contribution is 5.68. The third-order valence-corrected chi connectivity index (χ3v) is 2.05. The van der Waals surface area contributed by atoms with Crippen molar-refractivity contribution in [3.63, 3.8) is 0 Å². The summed E-state index contributed by atoms with van der Waals surface area (Å²) in [7, 11) is 0. The Hall–Kier alpha value is -1.10. The lowest BCUT2D eigenvalue weighted by Crippen LogP contribution is -2.40. The minimum atomic E-state index is -0.486. The van der Waals surface area contributed by atoms with Crippen LogP contribution in [0.3, 0.4) is 0 Å². The summed E-state index contributed by atoms with van der Waals surface area (Å²) >= 11 is 0. The fraction of sp³-hybridized carbons (Fsp3) is 0.800. The number of carbonyl (C=O) groups excluding carboxylic acids is 2. The summed E-state index contributed by atoms with van der Waals surface area (Å²) in [6.45, 7) is 6.05. The smallest absolute Gasteiger partial charge is 0.407 e. The van der Waals surface area contributed by atoms with Gasteiger partial charge in [-0.1, -0.05) is 0 Å². The lowest BCUT2D eigenvalue weighted by molar-refractivity contribution is -0.109. The molecule has 1 aliphatic rings. The summed E-state index contributed by atoms with van der Waals surface area (Å²) in [4.78, 5) is 21.8. The maximum absolute atomic E-state index is 11.4. The molecule has 1 fully saturated rings. The van der Waals surface area contributed by atoms with Crippen LogP contribution in [-0.2, 0) is 9.53 Å². The molecular weight excluding hydrogens is 196 g/mol. The molecule has 1 rings (SSSR count). The Bertz CT molecular complexity index is 248. The quantitative estimate of drug-likeness (QED) is 0.654. The molecule has 1 heterocycles. The number of nitrogens with one attached hydrogen (secondary N) is 2. The van der Waals surface area contributed by atoms with Gasteiger partial charge in [0.05, 0.1) is 6.04 Å². The fourth-order valence-corrected chi connectivity index (χ4v) is 1.45. The van der Waals surface area contributed by atoms with E-state index in [0.29, 0.717) is 13.0 Å². The number of aldehydes is 1. The van der Waals surface area contributed by atoms with Gasteiger partial charge < -0.3 is 20.2 Å². The summed E-state index contributed by atoms with van der Waals surface area (Å²) in [5, 5.41) is 5.70. The molecule has 1 amide bonds. The van der Waals surface area contributed by atoms with Crippen LogP contribution in [-0.4, -0.2) is 36.6 Å². The van der Waals surface area contributed by atoms with E-state index in [0.717, 1.165) is 6.29 Å². The third kappa shape index (κ3) is 4.29. The van der Waals surface area contributed by atoms with Crippen LogP contribution in [0.15, 0.2) is 0 Å². The zero-order valence-corrected chi connectivity index (χ0v) is 9.37. The largest absolute Gasteiger partial charge is 0.444 e. The molecule has 1 saturated heterocycles. The highest BCUT2D eigenvalue weighted by Gasteiger charge is 2.26. The van der Waals surface area contributed by atoms with Crippen LogP contribution in [0.1, 0.15) is 27.2 Å². The second-order valence-corrected chi connectivity index (χ2v) is 4.73. The van der Waals surface area contributed by atoms with Crippen molar-refractivity contribution >= 4 is 12.4 Å². The second-order valence-electron chi connectivity index (χ2n) is 4.73. The molecule has 1 aliphatic heterocycles. The number of alkyl carbamates (subject to hydrolysis) is 1. The number of carbonyl (C=O) groups is 2. The van der Waals surface area contributed by atoms with E-state index in [1.54, 1.807) is 0 Å². The second kappa shape index (κ2) is 4.61. The van der Waals surface area contributed by atoms with Crippen LogP contribution in [0.5, 0.6) is 0 Å². The molecule has 0 aromatic heterocycles. The number of rotatable bonds is 2. The van der Waals surface area contributed by atoms with Gasteiger partial charge >= 0.3 is 6.09 Å². The van der Waals surface area contributed by atoms with Gasteiger partial charge in [-0.25, -0.2) is 4.79 Å². The highest BCUT2D eigenvalue weighted by Crippen LogP contribution is 2.09. The zero-order chi connectivity index (χ0) is 11.5. The SMILES string of the molecule is CC(C)(C)OC(=O)NC1CNC(C=O)C1. The zero-order valence-electron chi connectivity index (χ0n) is 9.37. The number of hydrogen-bond donors (Lipinski definition) is 2. The molecule has 0 bridgehead atoms. The van der Waals surface area contributed by atoms with Crippen LogP contribution < -0.4 is 10.6 Å². The average Bonchev–Trinajstić information content (AvgIpc) is 2.48. The van der Waals surface area contributed by atoms with Gasteiger partial charge in [0.15, 0.2) is 0 Å². The molecule has 2 atom stereocenters. The molecule has 2 unspecified atom stereocenters. The van der Waals surface area contributed by atoms with Crippen molar-refractivity contribution in [3.05, 3.63) is 0 Å². The van der Waals surface area contributed by atoms with Crippen molar-refractivity contribution < 1.29 is 14.3 Å². The fourth-order valence-electron chi connectivity index (χ4n) is 1.45. The Morgan fingerprint density at radius 3 is 2.67 bits per heavy atom. The predicted octanol–water partition coefficient (Wildman–Crippen LogP) is 0.440. The predicted molar refractivity (Wildman–Crippen MR) is 55.6 cm³/mol. The van der Waals surface area contributed by atoms with E-state index in [1.807, 2.05) is 20.8 Å². The molecule has 0 radical (unpaired) electrons. The Balaban J connectivity index is 2.31. The lowest BCUT2D eigenvalue weighted by Gasteiger charge is -2.21. The van der Waals surface area contributed by atoms with Crippen molar-refractivity contribution in [3.8, 4) is 0 Å². The van der Waals surface area contributed by atoms with E-state index in [-0.39, 0.29) is 12.1 Å². The lowest BCUT2D eigenvalue weighted by atomic mass is 10.2. The van der Waals surface area contributed by atoms with Gasteiger partial charge in [0.2, 0.25) is 0 Å². The van der Waals surface area contributed by atoms with Crippen molar-refractivity contribution in [1.29, 1.82) is 0 Å². The first-order chi connectivity index (χ1) is 6.90. The first-order valence-electron chi connectivity index (χ1n) is 5.09. The molecule has 0 aromatic carbocycles. The van der Waals surface area contributed by atoms with E-state index in [4.69, 9.17) is 4.74 Å². The van der Waals surface area contributed by atoms with Gasteiger partial charge in [-0.2, -0.15) is 0 Å². The normalized spacial score (nSPS) is 26.1. The number of ether oxygens (including phenoxy) is 1. The van der Waals surface area contributed by atoms with Crippen LogP contribution in [0.4, 0.5) is 4.79 Å². The molecule has 0 aliphatic carbocycles.